The third-order valence-electron chi connectivity index (χ3n) is 3.09. The van der Waals surface area contributed by atoms with Gasteiger partial charge in [-0.15, -0.1) is 0 Å². The molecular weight excluding hydrogens is 250 g/mol. The fourth-order valence-corrected chi connectivity index (χ4v) is 1.93. The number of nitrogens with zero attached hydrogens (tertiary/aromatic N) is 1. The van der Waals surface area contributed by atoms with Crippen LogP contribution in [0.25, 0.3) is 0 Å². The Labute approximate surface area is 109 Å². The Morgan fingerprint density at radius 1 is 1.47 bits per heavy atom. The number of amides is 4. The number of nitrogens with one attached hydrogen (secondary N) is 2. The second kappa shape index (κ2) is 4.42. The van der Waals surface area contributed by atoms with E-state index in [4.69, 9.17) is 4.42 Å². The summed E-state index contributed by atoms with van der Waals surface area (Å²) in [5, 5.41) is 4.92. The lowest BCUT2D eigenvalue weighted by Gasteiger charge is -2.18. The minimum Gasteiger partial charge on any atom is -0.463 e. The molecule has 0 spiro atoms. The van der Waals surface area contributed by atoms with Gasteiger partial charge in [-0.3, -0.25) is 14.5 Å². The summed E-state index contributed by atoms with van der Waals surface area (Å²) in [4.78, 5) is 36.3. The molecule has 4 amide bonds. The zero-order chi connectivity index (χ0) is 14.2. The summed E-state index contributed by atoms with van der Waals surface area (Å²) < 4.78 is 5.41. The zero-order valence-corrected chi connectivity index (χ0v) is 10.9. The van der Waals surface area contributed by atoms with Gasteiger partial charge in [0.2, 0.25) is 5.91 Å². The number of likely N-dealkylation sites (N-methyl/N-ethyl adjacent to an activating group) is 1. The standard InChI is InChI=1S/C12H15N3O4/c1-7-4-5-8(19-7)12(2)10(17)15(11(18)14-12)6-9(16)13-3/h4-5H,6H2,1-3H3,(H,13,16)(H,14,18). The molecule has 1 fully saturated rings. The monoisotopic (exact) mass is 265 g/mol. The second-order valence-corrected chi connectivity index (χ2v) is 4.53. The molecule has 1 aromatic rings. The van der Waals surface area contributed by atoms with Crippen LogP contribution in [0.15, 0.2) is 16.5 Å². The van der Waals surface area contributed by atoms with E-state index < -0.39 is 23.4 Å². The number of hydrogen-bond donors (Lipinski definition) is 2. The van der Waals surface area contributed by atoms with Crippen molar-refractivity contribution in [3.8, 4) is 0 Å². The van der Waals surface area contributed by atoms with Crippen LogP contribution in [0.1, 0.15) is 18.4 Å². The van der Waals surface area contributed by atoms with Crippen LogP contribution >= 0.6 is 0 Å². The quantitative estimate of drug-likeness (QED) is 0.758. The van der Waals surface area contributed by atoms with Crippen molar-refractivity contribution in [1.29, 1.82) is 0 Å². The first-order valence-electron chi connectivity index (χ1n) is 5.80. The van der Waals surface area contributed by atoms with E-state index in [2.05, 4.69) is 10.6 Å². The fourth-order valence-electron chi connectivity index (χ4n) is 1.93. The molecule has 1 aromatic heterocycles. The number of hydrogen-bond acceptors (Lipinski definition) is 4. The van der Waals surface area contributed by atoms with Crippen molar-refractivity contribution in [1.82, 2.24) is 15.5 Å². The van der Waals surface area contributed by atoms with Crippen LogP contribution < -0.4 is 10.6 Å². The topological polar surface area (TPSA) is 91.7 Å². The highest BCUT2D eigenvalue weighted by Gasteiger charge is 2.51. The molecule has 2 heterocycles. The molecule has 1 aliphatic heterocycles. The van der Waals surface area contributed by atoms with Gasteiger partial charge in [-0.25, -0.2) is 4.79 Å². The van der Waals surface area contributed by atoms with E-state index in [1.807, 2.05) is 0 Å². The van der Waals surface area contributed by atoms with E-state index in [1.54, 1.807) is 26.0 Å². The summed E-state index contributed by atoms with van der Waals surface area (Å²) in [5.74, 6) is 0.0737. The smallest absolute Gasteiger partial charge is 0.325 e. The van der Waals surface area contributed by atoms with E-state index in [0.29, 0.717) is 11.5 Å². The Balaban J connectivity index is 2.28. The van der Waals surface area contributed by atoms with E-state index in [9.17, 15) is 14.4 Å². The van der Waals surface area contributed by atoms with Crippen molar-refractivity contribution < 1.29 is 18.8 Å². The Kier molecular flexibility index (Phi) is 3.05. The Bertz CT molecular complexity index is 551. The molecule has 7 nitrogen and oxygen atoms in total. The van der Waals surface area contributed by atoms with Crippen LogP contribution in [0.5, 0.6) is 0 Å². The van der Waals surface area contributed by atoms with Crippen LogP contribution in [-0.2, 0) is 15.1 Å². The lowest BCUT2D eigenvalue weighted by atomic mass is 9.99. The SMILES string of the molecule is CNC(=O)CN1C(=O)NC(C)(c2ccc(C)o2)C1=O. The highest BCUT2D eigenvalue weighted by molar-refractivity contribution is 6.08. The van der Waals surface area contributed by atoms with E-state index in [-0.39, 0.29) is 6.54 Å². The first-order chi connectivity index (χ1) is 8.88. The van der Waals surface area contributed by atoms with Crippen molar-refractivity contribution in [2.24, 2.45) is 0 Å². The predicted molar refractivity (Wildman–Crippen MR) is 65.1 cm³/mol. The van der Waals surface area contributed by atoms with E-state index >= 15 is 0 Å². The summed E-state index contributed by atoms with van der Waals surface area (Å²) >= 11 is 0. The normalized spacial score (nSPS) is 22.6. The molecule has 7 heteroatoms. The third kappa shape index (κ3) is 2.07. The molecule has 2 rings (SSSR count). The van der Waals surface area contributed by atoms with Crippen LogP contribution in [-0.4, -0.2) is 36.3 Å². The average molecular weight is 265 g/mol. The highest BCUT2D eigenvalue weighted by Crippen LogP contribution is 2.29. The Hall–Kier alpha value is -2.31. The molecular formula is C12H15N3O4. The van der Waals surface area contributed by atoms with Crippen LogP contribution in [0.3, 0.4) is 0 Å². The summed E-state index contributed by atoms with van der Waals surface area (Å²) in [7, 11) is 1.44. The van der Waals surface area contributed by atoms with Gasteiger partial charge in [-0.2, -0.15) is 0 Å². The van der Waals surface area contributed by atoms with Crippen molar-refractivity contribution in [3.05, 3.63) is 23.7 Å². The maximum Gasteiger partial charge on any atom is 0.325 e. The van der Waals surface area contributed by atoms with Gasteiger partial charge in [-0.1, -0.05) is 0 Å². The number of urea groups is 1. The van der Waals surface area contributed by atoms with Crippen LogP contribution in [0.2, 0.25) is 0 Å². The van der Waals surface area contributed by atoms with E-state index in [0.717, 1.165) is 4.90 Å². The molecule has 0 saturated carbocycles. The molecule has 0 bridgehead atoms. The maximum atomic E-state index is 12.3. The summed E-state index contributed by atoms with van der Waals surface area (Å²) in [6, 6.07) is 2.74. The number of rotatable bonds is 3. The van der Waals surface area contributed by atoms with Crippen molar-refractivity contribution in [3.63, 3.8) is 0 Å². The van der Waals surface area contributed by atoms with Gasteiger partial charge in [0, 0.05) is 7.05 Å². The van der Waals surface area contributed by atoms with Crippen molar-refractivity contribution >= 4 is 17.8 Å². The minimum absolute atomic E-state index is 0.309. The second-order valence-electron chi connectivity index (χ2n) is 4.53. The summed E-state index contributed by atoms with van der Waals surface area (Å²) in [6.45, 7) is 2.99. The van der Waals surface area contributed by atoms with Crippen LogP contribution in [0.4, 0.5) is 4.79 Å². The van der Waals surface area contributed by atoms with Gasteiger partial charge >= 0.3 is 6.03 Å². The molecule has 1 aliphatic rings. The van der Waals surface area contributed by atoms with Crippen LogP contribution in [0, 0.1) is 6.92 Å². The summed E-state index contributed by atoms with van der Waals surface area (Å²) in [5.41, 5.74) is -1.26. The largest absolute Gasteiger partial charge is 0.463 e. The lowest BCUT2D eigenvalue weighted by molar-refractivity contribution is -0.135. The van der Waals surface area contributed by atoms with E-state index in [1.165, 1.54) is 7.05 Å². The highest BCUT2D eigenvalue weighted by atomic mass is 16.3. The van der Waals surface area contributed by atoms with Gasteiger partial charge in [0.15, 0.2) is 5.54 Å². The third-order valence-corrected chi connectivity index (χ3v) is 3.09. The number of carbonyl (C=O) groups is 3. The molecule has 0 aromatic carbocycles. The Morgan fingerprint density at radius 2 is 2.16 bits per heavy atom. The first kappa shape index (κ1) is 13.1. The van der Waals surface area contributed by atoms with Gasteiger partial charge in [0.05, 0.1) is 0 Å². The molecule has 1 atom stereocenters. The lowest BCUT2D eigenvalue weighted by Crippen LogP contribution is -2.42. The molecule has 1 unspecified atom stereocenters. The zero-order valence-electron chi connectivity index (χ0n) is 10.9. The fraction of sp³-hybridized carbons (Fsp3) is 0.417. The average Bonchev–Trinajstić information content (AvgIpc) is 2.88. The Morgan fingerprint density at radius 3 is 2.68 bits per heavy atom. The van der Waals surface area contributed by atoms with Crippen molar-refractivity contribution in [2.45, 2.75) is 19.4 Å². The summed E-state index contributed by atoms with van der Waals surface area (Å²) in [6.07, 6.45) is 0. The first-order valence-corrected chi connectivity index (χ1v) is 5.80. The van der Waals surface area contributed by atoms with Gasteiger partial charge in [0.1, 0.15) is 18.1 Å². The minimum atomic E-state index is -1.26. The predicted octanol–water partition coefficient (Wildman–Crippen LogP) is 0.101. The van der Waals surface area contributed by atoms with Gasteiger partial charge in [0.25, 0.3) is 5.91 Å². The molecule has 1 saturated heterocycles. The van der Waals surface area contributed by atoms with Gasteiger partial charge < -0.3 is 15.1 Å². The number of aryl methyl sites for hydroxylation is 1. The van der Waals surface area contributed by atoms with Crippen molar-refractivity contribution in [2.75, 3.05) is 13.6 Å². The number of carbonyl (C=O) groups excluding carboxylic acids is 3. The molecule has 19 heavy (non-hydrogen) atoms. The molecule has 2 N–H and O–H groups in total. The van der Waals surface area contributed by atoms with Gasteiger partial charge in [-0.05, 0) is 26.0 Å². The molecule has 0 radical (unpaired) electrons. The maximum absolute atomic E-state index is 12.3. The molecule has 102 valence electrons. The number of imide groups is 1. The molecule has 0 aliphatic carbocycles. The number of furan rings is 1.